The van der Waals surface area contributed by atoms with E-state index < -0.39 is 6.09 Å². The molecule has 3 rings (SSSR count). The molecular formula is C12H8N4O2S. The molecule has 94 valence electrons. The SMILES string of the molecule is O=C(O)Nc1ncc(-c2ccc3cnccc3n2)s1. The van der Waals surface area contributed by atoms with E-state index in [0.29, 0.717) is 5.13 Å². The molecule has 0 aliphatic rings. The third kappa shape index (κ3) is 2.36. The van der Waals surface area contributed by atoms with E-state index in [9.17, 15) is 4.79 Å². The fraction of sp³-hybridized carbons (Fsp3) is 0. The number of thiazole rings is 1. The molecule has 0 bridgehead atoms. The lowest BCUT2D eigenvalue weighted by Gasteiger charge is -1.99. The first kappa shape index (κ1) is 11.5. The summed E-state index contributed by atoms with van der Waals surface area (Å²) in [7, 11) is 0. The van der Waals surface area contributed by atoms with E-state index in [0.717, 1.165) is 21.5 Å². The second kappa shape index (κ2) is 4.62. The topological polar surface area (TPSA) is 88.0 Å². The average Bonchev–Trinajstić information content (AvgIpc) is 2.86. The molecule has 3 aromatic heterocycles. The van der Waals surface area contributed by atoms with Crippen LogP contribution in [0.3, 0.4) is 0 Å². The monoisotopic (exact) mass is 272 g/mol. The van der Waals surface area contributed by atoms with Crippen molar-refractivity contribution < 1.29 is 9.90 Å². The van der Waals surface area contributed by atoms with Crippen LogP contribution < -0.4 is 5.32 Å². The molecule has 0 unspecified atom stereocenters. The number of carboxylic acid groups (broad SMARTS) is 1. The Bertz CT molecular complexity index is 756. The highest BCUT2D eigenvalue weighted by atomic mass is 32.1. The fourth-order valence-electron chi connectivity index (χ4n) is 1.64. The van der Waals surface area contributed by atoms with Crippen molar-refractivity contribution in [3.63, 3.8) is 0 Å². The van der Waals surface area contributed by atoms with Crippen molar-refractivity contribution in [2.75, 3.05) is 5.32 Å². The molecule has 0 aliphatic carbocycles. The minimum Gasteiger partial charge on any atom is -0.465 e. The van der Waals surface area contributed by atoms with Crippen LogP contribution in [0.2, 0.25) is 0 Å². The van der Waals surface area contributed by atoms with Crippen molar-refractivity contribution in [3.05, 3.63) is 36.8 Å². The first-order valence-corrected chi connectivity index (χ1v) is 6.21. The Morgan fingerprint density at radius 2 is 2.16 bits per heavy atom. The summed E-state index contributed by atoms with van der Waals surface area (Å²) in [5, 5.41) is 12.1. The molecule has 0 aromatic carbocycles. The van der Waals surface area contributed by atoms with Crippen LogP contribution in [0.25, 0.3) is 21.5 Å². The zero-order valence-electron chi connectivity index (χ0n) is 9.57. The highest BCUT2D eigenvalue weighted by Crippen LogP contribution is 2.28. The number of nitrogens with zero attached hydrogens (tertiary/aromatic N) is 3. The Balaban J connectivity index is 1.99. The van der Waals surface area contributed by atoms with Crippen LogP contribution in [-0.2, 0) is 0 Å². The number of hydrogen-bond acceptors (Lipinski definition) is 5. The van der Waals surface area contributed by atoms with E-state index in [1.54, 1.807) is 18.6 Å². The summed E-state index contributed by atoms with van der Waals surface area (Å²) >= 11 is 1.24. The molecule has 0 saturated heterocycles. The van der Waals surface area contributed by atoms with E-state index in [1.807, 2.05) is 18.2 Å². The van der Waals surface area contributed by atoms with E-state index in [1.165, 1.54) is 11.3 Å². The Labute approximate surface area is 111 Å². The summed E-state index contributed by atoms with van der Waals surface area (Å²) in [5.74, 6) is 0. The van der Waals surface area contributed by atoms with Crippen molar-refractivity contribution in [1.82, 2.24) is 15.0 Å². The van der Waals surface area contributed by atoms with Crippen LogP contribution in [0.15, 0.2) is 36.8 Å². The molecule has 0 radical (unpaired) electrons. The quantitative estimate of drug-likeness (QED) is 0.749. The number of anilines is 1. The predicted octanol–water partition coefficient (Wildman–Crippen LogP) is 2.84. The molecule has 2 N–H and O–H groups in total. The van der Waals surface area contributed by atoms with Gasteiger partial charge < -0.3 is 5.11 Å². The van der Waals surface area contributed by atoms with Gasteiger partial charge in [-0.05, 0) is 18.2 Å². The minimum atomic E-state index is -1.13. The number of pyridine rings is 2. The maximum absolute atomic E-state index is 10.5. The molecule has 0 fully saturated rings. The van der Waals surface area contributed by atoms with Crippen LogP contribution in [0.4, 0.5) is 9.93 Å². The van der Waals surface area contributed by atoms with Gasteiger partial charge in [0.2, 0.25) is 0 Å². The summed E-state index contributed by atoms with van der Waals surface area (Å²) < 4.78 is 0. The molecule has 3 aromatic rings. The summed E-state index contributed by atoms with van der Waals surface area (Å²) in [6.07, 6.45) is 3.91. The van der Waals surface area contributed by atoms with Gasteiger partial charge in [-0.15, -0.1) is 0 Å². The first-order valence-electron chi connectivity index (χ1n) is 5.39. The van der Waals surface area contributed by atoms with Crippen molar-refractivity contribution in [3.8, 4) is 10.6 Å². The lowest BCUT2D eigenvalue weighted by atomic mass is 10.2. The third-order valence-electron chi connectivity index (χ3n) is 2.46. The molecule has 0 saturated carbocycles. The van der Waals surface area contributed by atoms with Crippen LogP contribution in [0.5, 0.6) is 0 Å². The van der Waals surface area contributed by atoms with Gasteiger partial charge in [-0.3, -0.25) is 10.3 Å². The van der Waals surface area contributed by atoms with Gasteiger partial charge in [-0.2, -0.15) is 0 Å². The Hall–Kier alpha value is -2.54. The van der Waals surface area contributed by atoms with Gasteiger partial charge in [-0.1, -0.05) is 11.3 Å². The zero-order chi connectivity index (χ0) is 13.2. The number of hydrogen-bond donors (Lipinski definition) is 2. The molecule has 3 heterocycles. The van der Waals surface area contributed by atoms with Crippen molar-refractivity contribution in [2.45, 2.75) is 0 Å². The third-order valence-corrected chi connectivity index (χ3v) is 3.40. The van der Waals surface area contributed by atoms with Crippen LogP contribution in [0, 0.1) is 0 Å². The molecule has 0 atom stereocenters. The summed E-state index contributed by atoms with van der Waals surface area (Å²) in [4.78, 5) is 23.8. The largest absolute Gasteiger partial charge is 0.465 e. The van der Waals surface area contributed by atoms with Gasteiger partial charge >= 0.3 is 6.09 Å². The fourth-order valence-corrected chi connectivity index (χ4v) is 2.42. The van der Waals surface area contributed by atoms with Gasteiger partial charge in [0.05, 0.1) is 16.1 Å². The number of nitrogens with one attached hydrogen (secondary N) is 1. The van der Waals surface area contributed by atoms with E-state index in [4.69, 9.17) is 5.11 Å². The summed E-state index contributed by atoms with van der Waals surface area (Å²) in [6, 6.07) is 5.62. The molecule has 19 heavy (non-hydrogen) atoms. The highest BCUT2D eigenvalue weighted by molar-refractivity contribution is 7.19. The molecule has 7 heteroatoms. The van der Waals surface area contributed by atoms with Crippen molar-refractivity contribution in [1.29, 1.82) is 0 Å². The molecule has 0 spiro atoms. The summed E-state index contributed by atoms with van der Waals surface area (Å²) in [6.45, 7) is 0. The summed E-state index contributed by atoms with van der Waals surface area (Å²) in [5.41, 5.74) is 1.60. The van der Waals surface area contributed by atoms with Gasteiger partial charge in [0, 0.05) is 24.0 Å². The van der Waals surface area contributed by atoms with Gasteiger partial charge in [-0.25, -0.2) is 14.8 Å². The Morgan fingerprint density at radius 1 is 1.26 bits per heavy atom. The number of carbonyl (C=O) groups is 1. The van der Waals surface area contributed by atoms with Gasteiger partial charge in [0.25, 0.3) is 0 Å². The molecule has 0 aliphatic heterocycles. The van der Waals surface area contributed by atoms with Crippen LogP contribution in [-0.4, -0.2) is 26.2 Å². The first-order chi connectivity index (χ1) is 9.22. The van der Waals surface area contributed by atoms with Crippen LogP contribution >= 0.6 is 11.3 Å². The number of rotatable bonds is 2. The molecule has 1 amide bonds. The second-order valence-electron chi connectivity index (χ2n) is 3.72. The van der Waals surface area contributed by atoms with E-state index in [-0.39, 0.29) is 0 Å². The van der Waals surface area contributed by atoms with E-state index >= 15 is 0 Å². The average molecular weight is 272 g/mol. The number of aromatic nitrogens is 3. The van der Waals surface area contributed by atoms with Crippen molar-refractivity contribution in [2.24, 2.45) is 0 Å². The standard InChI is InChI=1S/C12H8N4O2S/c17-12(18)16-11-14-6-10(19-11)9-2-1-7-5-13-4-3-8(7)15-9/h1-6H,(H,14,16)(H,17,18). The highest BCUT2D eigenvalue weighted by Gasteiger charge is 2.08. The van der Waals surface area contributed by atoms with E-state index in [2.05, 4.69) is 20.3 Å². The van der Waals surface area contributed by atoms with Gasteiger partial charge in [0.15, 0.2) is 5.13 Å². The van der Waals surface area contributed by atoms with Crippen LogP contribution in [0.1, 0.15) is 0 Å². The molecule has 6 nitrogen and oxygen atoms in total. The van der Waals surface area contributed by atoms with Crippen molar-refractivity contribution >= 4 is 33.5 Å². The second-order valence-corrected chi connectivity index (χ2v) is 4.76. The number of amides is 1. The normalized spacial score (nSPS) is 10.5. The predicted molar refractivity (Wildman–Crippen MR) is 72.3 cm³/mol. The maximum atomic E-state index is 10.5. The maximum Gasteiger partial charge on any atom is 0.410 e. The zero-order valence-corrected chi connectivity index (χ0v) is 10.4. The molecular weight excluding hydrogens is 264 g/mol. The lowest BCUT2D eigenvalue weighted by Crippen LogP contribution is -2.06. The smallest absolute Gasteiger partial charge is 0.410 e. The Kier molecular flexibility index (Phi) is 2.81. The minimum absolute atomic E-state index is 0.333. The van der Waals surface area contributed by atoms with Gasteiger partial charge in [0.1, 0.15) is 0 Å². The lowest BCUT2D eigenvalue weighted by molar-refractivity contribution is 0.209. The Morgan fingerprint density at radius 3 is 3.00 bits per heavy atom. The number of fused-ring (bicyclic) bond motifs is 1.